The Labute approximate surface area is 188 Å². The zero-order chi connectivity index (χ0) is 23.3. The molecule has 3 saturated heterocycles. The van der Waals surface area contributed by atoms with Crippen LogP contribution in [0.25, 0.3) is 0 Å². The highest BCUT2D eigenvalue weighted by atomic mass is 16.5. The number of hydrogen-bond acceptors (Lipinski definition) is 5. The number of rotatable bonds is 7. The Bertz CT molecular complexity index is 906. The van der Waals surface area contributed by atoms with Gasteiger partial charge in [-0.15, -0.1) is 0 Å². The third-order valence-electron chi connectivity index (χ3n) is 7.37. The fraction of sp³-hybridized carbons (Fsp3) is 0.625. The number of carbonyl (C=O) groups excluding carboxylic acids is 3. The van der Waals surface area contributed by atoms with Crippen molar-refractivity contribution in [2.24, 2.45) is 17.8 Å². The van der Waals surface area contributed by atoms with Gasteiger partial charge in [0.1, 0.15) is 11.6 Å². The molecule has 174 valence electrons. The zero-order valence-electron chi connectivity index (χ0n) is 19.1. The van der Waals surface area contributed by atoms with Crippen LogP contribution in [0.2, 0.25) is 0 Å². The van der Waals surface area contributed by atoms with E-state index in [1.165, 1.54) is 4.90 Å². The van der Waals surface area contributed by atoms with Crippen molar-refractivity contribution in [3.05, 3.63) is 30.3 Å². The molecule has 0 aliphatic carbocycles. The van der Waals surface area contributed by atoms with E-state index in [1.54, 1.807) is 12.1 Å². The molecule has 0 aromatic heterocycles. The Morgan fingerprint density at radius 1 is 1.25 bits per heavy atom. The van der Waals surface area contributed by atoms with E-state index in [0.29, 0.717) is 18.5 Å². The summed E-state index contributed by atoms with van der Waals surface area (Å²) in [4.78, 5) is 42.1. The first kappa shape index (κ1) is 22.7. The molecule has 2 bridgehead atoms. The molecule has 3 unspecified atom stereocenters. The standard InChI is InChI=1S/C24H33N3O5/c1-14(2)25-21(30)19-24-13-15(3)23(4,32-24)17(18(24)22(31)27(19)11-8-12-28)20(29)26-16-9-6-5-7-10-16/h5-7,9-10,14-15,17-19,28H,8,11-13H2,1-4H3,(H,25,30)(H,26,29)/t15?,17-,18-,19?,23+,24?/m0/s1. The van der Waals surface area contributed by atoms with E-state index in [4.69, 9.17) is 4.74 Å². The van der Waals surface area contributed by atoms with Gasteiger partial charge >= 0.3 is 0 Å². The number of fused-ring (bicyclic) bond motifs is 1. The van der Waals surface area contributed by atoms with Crippen molar-refractivity contribution >= 4 is 23.4 Å². The average Bonchev–Trinajstić information content (AvgIpc) is 3.23. The highest BCUT2D eigenvalue weighted by Gasteiger charge is 2.79. The summed E-state index contributed by atoms with van der Waals surface area (Å²) in [5, 5.41) is 15.3. The van der Waals surface area contributed by atoms with Gasteiger partial charge < -0.3 is 25.4 Å². The van der Waals surface area contributed by atoms with E-state index in [0.717, 1.165) is 0 Å². The third-order valence-corrected chi connectivity index (χ3v) is 7.37. The van der Waals surface area contributed by atoms with Crippen molar-refractivity contribution < 1.29 is 24.2 Å². The summed E-state index contributed by atoms with van der Waals surface area (Å²) in [7, 11) is 0. The van der Waals surface area contributed by atoms with Gasteiger partial charge in [0, 0.05) is 24.9 Å². The van der Waals surface area contributed by atoms with Gasteiger partial charge in [0.2, 0.25) is 17.7 Å². The second-order valence-electron chi connectivity index (χ2n) is 9.83. The van der Waals surface area contributed by atoms with Crippen LogP contribution < -0.4 is 10.6 Å². The molecule has 0 saturated carbocycles. The third kappa shape index (κ3) is 3.31. The van der Waals surface area contributed by atoms with Crippen LogP contribution in [0.5, 0.6) is 0 Å². The molecule has 3 aliphatic rings. The maximum Gasteiger partial charge on any atom is 0.246 e. The van der Waals surface area contributed by atoms with Crippen molar-refractivity contribution in [3.8, 4) is 0 Å². The number of nitrogens with zero attached hydrogens (tertiary/aromatic N) is 1. The maximum absolute atomic E-state index is 13.7. The van der Waals surface area contributed by atoms with Crippen LogP contribution in [0.3, 0.4) is 0 Å². The number of aliphatic hydroxyl groups is 1. The molecule has 6 atom stereocenters. The van der Waals surface area contributed by atoms with Gasteiger partial charge in [0.05, 0.1) is 17.4 Å². The summed E-state index contributed by atoms with van der Waals surface area (Å²) < 4.78 is 6.60. The highest BCUT2D eigenvalue weighted by Crippen LogP contribution is 2.65. The number of anilines is 1. The number of para-hydroxylation sites is 1. The van der Waals surface area contributed by atoms with E-state index >= 15 is 0 Å². The summed E-state index contributed by atoms with van der Waals surface area (Å²) >= 11 is 0. The minimum absolute atomic E-state index is 0.00906. The molecule has 3 aliphatic heterocycles. The lowest BCUT2D eigenvalue weighted by Gasteiger charge is -2.36. The number of carbonyl (C=O) groups is 3. The summed E-state index contributed by atoms with van der Waals surface area (Å²) in [5.41, 5.74) is -1.25. The molecule has 4 rings (SSSR count). The van der Waals surface area contributed by atoms with Crippen molar-refractivity contribution in [2.75, 3.05) is 18.5 Å². The van der Waals surface area contributed by atoms with Gasteiger partial charge in [-0.05, 0) is 51.7 Å². The highest BCUT2D eigenvalue weighted by molar-refractivity contribution is 6.02. The molecule has 3 amide bonds. The van der Waals surface area contributed by atoms with Crippen LogP contribution in [0, 0.1) is 17.8 Å². The first-order valence-corrected chi connectivity index (χ1v) is 11.4. The molecule has 8 nitrogen and oxygen atoms in total. The van der Waals surface area contributed by atoms with E-state index < -0.39 is 29.1 Å². The molecule has 0 radical (unpaired) electrons. The van der Waals surface area contributed by atoms with E-state index in [-0.39, 0.29) is 42.8 Å². The number of amides is 3. The van der Waals surface area contributed by atoms with Crippen LogP contribution in [0.1, 0.15) is 40.5 Å². The lowest BCUT2D eigenvalue weighted by molar-refractivity contribution is -0.146. The van der Waals surface area contributed by atoms with E-state index in [1.807, 2.05) is 45.9 Å². The Morgan fingerprint density at radius 2 is 1.94 bits per heavy atom. The first-order valence-electron chi connectivity index (χ1n) is 11.4. The number of aliphatic hydroxyl groups excluding tert-OH is 1. The number of benzene rings is 1. The van der Waals surface area contributed by atoms with Crippen LogP contribution >= 0.6 is 0 Å². The quantitative estimate of drug-likeness (QED) is 0.593. The van der Waals surface area contributed by atoms with Crippen molar-refractivity contribution in [1.29, 1.82) is 0 Å². The molecule has 32 heavy (non-hydrogen) atoms. The second kappa shape index (κ2) is 8.15. The fourth-order valence-corrected chi connectivity index (χ4v) is 6.03. The van der Waals surface area contributed by atoms with Crippen molar-refractivity contribution in [1.82, 2.24) is 10.2 Å². The molecule has 1 aromatic carbocycles. The van der Waals surface area contributed by atoms with Gasteiger partial charge in [-0.3, -0.25) is 14.4 Å². The van der Waals surface area contributed by atoms with Gasteiger partial charge in [-0.25, -0.2) is 0 Å². The topological polar surface area (TPSA) is 108 Å². The van der Waals surface area contributed by atoms with Crippen molar-refractivity contribution in [2.45, 2.75) is 63.8 Å². The molecular weight excluding hydrogens is 410 g/mol. The Kier molecular flexibility index (Phi) is 5.79. The summed E-state index contributed by atoms with van der Waals surface area (Å²) in [6, 6.07) is 8.22. The molecule has 3 N–H and O–H groups in total. The van der Waals surface area contributed by atoms with Gasteiger partial charge in [-0.2, -0.15) is 0 Å². The molecule has 1 spiro atoms. The fourth-order valence-electron chi connectivity index (χ4n) is 6.03. The number of likely N-dealkylation sites (tertiary alicyclic amines) is 1. The number of ether oxygens (including phenoxy) is 1. The Hall–Kier alpha value is -2.45. The van der Waals surface area contributed by atoms with Crippen LogP contribution in [0.15, 0.2) is 30.3 Å². The smallest absolute Gasteiger partial charge is 0.246 e. The second-order valence-corrected chi connectivity index (χ2v) is 9.83. The van der Waals surface area contributed by atoms with Crippen LogP contribution in [-0.4, -0.2) is 64.2 Å². The monoisotopic (exact) mass is 443 g/mol. The predicted molar refractivity (Wildman–Crippen MR) is 119 cm³/mol. The molecular formula is C24H33N3O5. The van der Waals surface area contributed by atoms with Crippen LogP contribution in [-0.2, 0) is 19.1 Å². The van der Waals surface area contributed by atoms with Crippen molar-refractivity contribution in [3.63, 3.8) is 0 Å². The Balaban J connectivity index is 1.74. The van der Waals surface area contributed by atoms with E-state index in [2.05, 4.69) is 10.6 Å². The molecule has 3 fully saturated rings. The maximum atomic E-state index is 13.7. The summed E-state index contributed by atoms with van der Waals surface area (Å²) in [6.07, 6.45) is 0.883. The first-order chi connectivity index (χ1) is 15.2. The lowest BCUT2D eigenvalue weighted by atomic mass is 9.62. The number of hydrogen-bond donors (Lipinski definition) is 3. The SMILES string of the molecule is CC(C)NC(=O)C1N(CCCO)C(=O)[C@@H]2[C@@H](C(=O)Nc3ccccc3)[C@]3(C)OC12CC3C. The van der Waals surface area contributed by atoms with E-state index in [9.17, 15) is 19.5 Å². The average molecular weight is 444 g/mol. The largest absolute Gasteiger partial charge is 0.396 e. The molecule has 1 aromatic rings. The molecule has 8 heteroatoms. The lowest BCUT2D eigenvalue weighted by Crippen LogP contribution is -2.56. The molecule has 3 heterocycles. The number of nitrogens with one attached hydrogen (secondary N) is 2. The van der Waals surface area contributed by atoms with Gasteiger partial charge in [0.15, 0.2) is 0 Å². The van der Waals surface area contributed by atoms with Gasteiger partial charge in [-0.1, -0.05) is 25.1 Å². The van der Waals surface area contributed by atoms with Gasteiger partial charge in [0.25, 0.3) is 0 Å². The predicted octanol–water partition coefficient (Wildman–Crippen LogP) is 1.54. The summed E-state index contributed by atoms with van der Waals surface area (Å²) in [5.74, 6) is -2.25. The minimum atomic E-state index is -1.06. The van der Waals surface area contributed by atoms with Crippen LogP contribution in [0.4, 0.5) is 5.69 Å². The summed E-state index contributed by atoms with van der Waals surface area (Å²) in [6.45, 7) is 7.80. The minimum Gasteiger partial charge on any atom is -0.396 e. The Morgan fingerprint density at radius 3 is 2.56 bits per heavy atom. The zero-order valence-corrected chi connectivity index (χ0v) is 19.1. The normalized spacial score (nSPS) is 35.3.